The number of fused-ring (bicyclic) bond motifs is 2. The largest absolute Gasteiger partial charge is 0.352 e. The molecule has 0 aliphatic heterocycles. The summed E-state index contributed by atoms with van der Waals surface area (Å²) in [7, 11) is 0. The third-order valence-corrected chi connectivity index (χ3v) is 6.82. The lowest BCUT2D eigenvalue weighted by molar-refractivity contribution is -0.120. The third kappa shape index (κ3) is 3.37. The quantitative estimate of drug-likeness (QED) is 0.769. The summed E-state index contributed by atoms with van der Waals surface area (Å²) in [6.07, 6.45) is 3.54. The Labute approximate surface area is 159 Å². The van der Waals surface area contributed by atoms with Gasteiger partial charge in [-0.3, -0.25) is 9.59 Å². The molecule has 2 aliphatic carbocycles. The van der Waals surface area contributed by atoms with Crippen molar-refractivity contribution in [1.82, 2.24) is 10.7 Å². The first-order valence-corrected chi connectivity index (χ1v) is 9.51. The number of hydrogen-bond acceptors (Lipinski definition) is 3. The average Bonchev–Trinajstić information content (AvgIpc) is 2.93. The maximum atomic E-state index is 12.0. The lowest BCUT2D eigenvalue weighted by Crippen LogP contribution is -2.34. The predicted molar refractivity (Wildman–Crippen MR) is 103 cm³/mol. The SMILES string of the molecule is CC1(C)[C@@H]2CC[C@@]1(C)/C(=N/NC(=O)CCNC(=O)c1ccc(Cl)cc1)C2. The molecule has 2 N–H and O–H groups in total. The number of carbonyl (C=O) groups excluding carboxylic acids is 2. The second-order valence-corrected chi connectivity index (χ2v) is 8.54. The van der Waals surface area contributed by atoms with E-state index in [4.69, 9.17) is 11.6 Å². The summed E-state index contributed by atoms with van der Waals surface area (Å²) in [4.78, 5) is 24.0. The van der Waals surface area contributed by atoms with E-state index in [9.17, 15) is 9.59 Å². The first kappa shape index (κ1) is 18.9. The van der Waals surface area contributed by atoms with Crippen molar-refractivity contribution in [2.45, 2.75) is 46.5 Å². The van der Waals surface area contributed by atoms with E-state index in [1.54, 1.807) is 24.3 Å². The van der Waals surface area contributed by atoms with Gasteiger partial charge in [0.1, 0.15) is 0 Å². The number of halogens is 1. The minimum atomic E-state index is -0.219. The van der Waals surface area contributed by atoms with E-state index in [0.29, 0.717) is 16.5 Å². The van der Waals surface area contributed by atoms with Gasteiger partial charge in [0.25, 0.3) is 5.91 Å². The summed E-state index contributed by atoms with van der Waals surface area (Å²) >= 11 is 5.80. The van der Waals surface area contributed by atoms with Gasteiger partial charge in [0.15, 0.2) is 0 Å². The number of hydrazone groups is 1. The number of rotatable bonds is 5. The fourth-order valence-corrected chi connectivity index (χ4v) is 4.40. The van der Waals surface area contributed by atoms with Crippen molar-refractivity contribution < 1.29 is 9.59 Å². The molecule has 3 rings (SSSR count). The van der Waals surface area contributed by atoms with Gasteiger partial charge in [0.2, 0.25) is 5.91 Å². The minimum Gasteiger partial charge on any atom is -0.352 e. The van der Waals surface area contributed by atoms with E-state index >= 15 is 0 Å². The summed E-state index contributed by atoms with van der Waals surface area (Å²) in [5, 5.41) is 7.74. The zero-order valence-corrected chi connectivity index (χ0v) is 16.3. The minimum absolute atomic E-state index is 0.0771. The molecule has 1 aromatic rings. The summed E-state index contributed by atoms with van der Waals surface area (Å²) < 4.78 is 0. The van der Waals surface area contributed by atoms with E-state index in [0.717, 1.165) is 18.6 Å². The molecule has 26 heavy (non-hydrogen) atoms. The number of hydrogen-bond donors (Lipinski definition) is 2. The standard InChI is InChI=1S/C20H26ClN3O2/c1-19(2)14-8-10-20(19,3)16(12-14)23-24-17(25)9-11-22-18(26)13-4-6-15(21)7-5-13/h4-7,14H,8-12H2,1-3H3,(H,22,26)(H,24,25)/b23-16+/t14-,20+/m1/s1. The Kier molecular flexibility index (Phi) is 5.11. The predicted octanol–water partition coefficient (Wildman–Crippen LogP) is 3.78. The first-order valence-electron chi connectivity index (χ1n) is 9.14. The smallest absolute Gasteiger partial charge is 0.251 e. The van der Waals surface area contributed by atoms with Crippen LogP contribution in [0.5, 0.6) is 0 Å². The third-order valence-electron chi connectivity index (χ3n) is 6.57. The molecule has 0 heterocycles. The zero-order valence-electron chi connectivity index (χ0n) is 15.6. The van der Waals surface area contributed by atoms with Crippen molar-refractivity contribution in [3.8, 4) is 0 Å². The van der Waals surface area contributed by atoms with Crippen LogP contribution < -0.4 is 10.7 Å². The Morgan fingerprint density at radius 2 is 1.92 bits per heavy atom. The van der Waals surface area contributed by atoms with Crippen LogP contribution in [0.4, 0.5) is 0 Å². The first-order chi connectivity index (χ1) is 12.2. The van der Waals surface area contributed by atoms with Crippen LogP contribution in [0.25, 0.3) is 0 Å². The van der Waals surface area contributed by atoms with Gasteiger partial charge in [-0.15, -0.1) is 0 Å². The van der Waals surface area contributed by atoms with Crippen molar-refractivity contribution in [3.05, 3.63) is 34.9 Å². The van der Waals surface area contributed by atoms with Gasteiger partial charge < -0.3 is 5.32 Å². The van der Waals surface area contributed by atoms with Crippen LogP contribution in [0.3, 0.4) is 0 Å². The molecule has 0 radical (unpaired) electrons. The molecule has 1 aromatic carbocycles. The molecule has 2 atom stereocenters. The summed E-state index contributed by atoms with van der Waals surface area (Å²) in [5.74, 6) is 0.253. The zero-order chi connectivity index (χ0) is 18.9. The fraction of sp³-hybridized carbons (Fsp3) is 0.550. The lowest BCUT2D eigenvalue weighted by Gasteiger charge is -2.34. The van der Waals surface area contributed by atoms with E-state index in [1.165, 1.54) is 6.42 Å². The van der Waals surface area contributed by atoms with Crippen molar-refractivity contribution in [2.24, 2.45) is 21.8 Å². The average molecular weight is 376 g/mol. The molecule has 0 aromatic heterocycles. The maximum absolute atomic E-state index is 12.0. The molecule has 0 saturated heterocycles. The highest BCUT2D eigenvalue weighted by Crippen LogP contribution is 2.63. The number of benzene rings is 1. The molecule has 2 aliphatic rings. The molecule has 0 spiro atoms. The van der Waals surface area contributed by atoms with Crippen LogP contribution in [0.2, 0.25) is 5.02 Å². The molecule has 0 unspecified atom stereocenters. The number of amides is 2. The highest BCUT2D eigenvalue weighted by molar-refractivity contribution is 6.30. The van der Waals surface area contributed by atoms with Gasteiger partial charge in [-0.2, -0.15) is 5.10 Å². The van der Waals surface area contributed by atoms with Gasteiger partial charge >= 0.3 is 0 Å². The Hall–Kier alpha value is -1.88. The highest BCUT2D eigenvalue weighted by atomic mass is 35.5. The van der Waals surface area contributed by atoms with Crippen LogP contribution in [0.1, 0.15) is 56.8 Å². The molecule has 2 amide bonds. The van der Waals surface area contributed by atoms with E-state index < -0.39 is 0 Å². The molecule has 2 bridgehead atoms. The summed E-state index contributed by atoms with van der Waals surface area (Å²) in [6, 6.07) is 6.63. The normalized spacial score (nSPS) is 27.5. The van der Waals surface area contributed by atoms with Crippen molar-refractivity contribution in [1.29, 1.82) is 0 Å². The van der Waals surface area contributed by atoms with Gasteiger partial charge in [0.05, 0.1) is 0 Å². The Balaban J connectivity index is 1.47. The van der Waals surface area contributed by atoms with Crippen LogP contribution in [-0.2, 0) is 4.79 Å². The Bertz CT molecular complexity index is 742. The maximum Gasteiger partial charge on any atom is 0.251 e. The lowest BCUT2D eigenvalue weighted by atomic mass is 9.70. The van der Waals surface area contributed by atoms with Gasteiger partial charge in [0, 0.05) is 34.7 Å². The number of nitrogens with zero attached hydrogens (tertiary/aromatic N) is 1. The molecule has 6 heteroatoms. The van der Waals surface area contributed by atoms with E-state index in [2.05, 4.69) is 36.6 Å². The Morgan fingerprint density at radius 1 is 1.23 bits per heavy atom. The molecule has 2 fully saturated rings. The number of nitrogens with one attached hydrogen (secondary N) is 2. The van der Waals surface area contributed by atoms with E-state index in [1.807, 2.05) is 0 Å². The topological polar surface area (TPSA) is 70.6 Å². The summed E-state index contributed by atoms with van der Waals surface area (Å²) in [5.41, 5.74) is 4.62. The van der Waals surface area contributed by atoms with Crippen molar-refractivity contribution in [3.63, 3.8) is 0 Å². The van der Waals surface area contributed by atoms with E-state index in [-0.39, 0.29) is 35.6 Å². The second-order valence-electron chi connectivity index (χ2n) is 8.10. The van der Waals surface area contributed by atoms with Gasteiger partial charge in [-0.05, 0) is 54.9 Å². The molecule has 5 nitrogen and oxygen atoms in total. The van der Waals surface area contributed by atoms with Crippen LogP contribution in [0.15, 0.2) is 29.4 Å². The second kappa shape index (κ2) is 7.03. The monoisotopic (exact) mass is 375 g/mol. The Morgan fingerprint density at radius 3 is 2.50 bits per heavy atom. The number of carbonyl (C=O) groups is 2. The van der Waals surface area contributed by atoms with Crippen LogP contribution in [-0.4, -0.2) is 24.1 Å². The molecule has 2 saturated carbocycles. The fourth-order valence-electron chi connectivity index (χ4n) is 4.28. The van der Waals surface area contributed by atoms with Crippen LogP contribution >= 0.6 is 11.6 Å². The molecular formula is C20H26ClN3O2. The van der Waals surface area contributed by atoms with Crippen molar-refractivity contribution in [2.75, 3.05) is 6.54 Å². The van der Waals surface area contributed by atoms with Crippen LogP contribution in [0, 0.1) is 16.7 Å². The van der Waals surface area contributed by atoms with Gasteiger partial charge in [-0.25, -0.2) is 5.43 Å². The van der Waals surface area contributed by atoms with Gasteiger partial charge in [-0.1, -0.05) is 32.4 Å². The molecular weight excluding hydrogens is 350 g/mol. The molecule has 140 valence electrons. The van der Waals surface area contributed by atoms with Crippen molar-refractivity contribution >= 4 is 29.1 Å². The highest BCUT2D eigenvalue weighted by Gasteiger charge is 2.59. The summed E-state index contributed by atoms with van der Waals surface area (Å²) in [6.45, 7) is 7.14.